The minimum absolute atomic E-state index is 0.128. The number of aliphatic hydroxyl groups is 1. The second-order valence-corrected chi connectivity index (χ2v) is 9.75. The molecule has 0 amide bonds. The summed E-state index contributed by atoms with van der Waals surface area (Å²) >= 11 is 7.76. The summed E-state index contributed by atoms with van der Waals surface area (Å²) in [6.07, 6.45) is 9.67. The third-order valence-corrected chi connectivity index (χ3v) is 6.96. The SMILES string of the molecule is CCCC(=O)OC1=C(SCCCCCC(=O)OC)C(/C=C/C(O)Cc2cccc(Cl)c2)CC1. The fraction of sp³-hybridized carbons (Fsp3) is 0.538. The molecule has 0 saturated carbocycles. The lowest BCUT2D eigenvalue weighted by Gasteiger charge is -2.13. The molecule has 2 rings (SSSR count). The van der Waals surface area contributed by atoms with Gasteiger partial charge in [0.25, 0.3) is 0 Å². The Morgan fingerprint density at radius 2 is 2.06 bits per heavy atom. The van der Waals surface area contributed by atoms with Crippen LogP contribution < -0.4 is 0 Å². The van der Waals surface area contributed by atoms with Crippen LogP contribution in [-0.4, -0.2) is 36.0 Å². The van der Waals surface area contributed by atoms with Gasteiger partial charge >= 0.3 is 11.9 Å². The second-order valence-electron chi connectivity index (χ2n) is 8.18. The first-order valence-corrected chi connectivity index (χ1v) is 13.0. The third-order valence-electron chi connectivity index (χ3n) is 5.40. The molecule has 0 bridgehead atoms. The molecule has 0 heterocycles. The monoisotopic (exact) mass is 494 g/mol. The van der Waals surface area contributed by atoms with Crippen LogP contribution in [0.15, 0.2) is 47.1 Å². The molecule has 182 valence electrons. The molecule has 1 aliphatic carbocycles. The first-order valence-electron chi connectivity index (χ1n) is 11.7. The predicted octanol–water partition coefficient (Wildman–Crippen LogP) is 6.23. The zero-order valence-corrected chi connectivity index (χ0v) is 21.1. The minimum Gasteiger partial charge on any atom is -0.469 e. The summed E-state index contributed by atoms with van der Waals surface area (Å²) in [5.74, 6) is 1.43. The van der Waals surface area contributed by atoms with Crippen molar-refractivity contribution in [3.05, 3.63) is 57.7 Å². The zero-order valence-electron chi connectivity index (χ0n) is 19.6. The van der Waals surface area contributed by atoms with E-state index in [0.29, 0.717) is 24.3 Å². The van der Waals surface area contributed by atoms with Crippen LogP contribution in [0.2, 0.25) is 5.02 Å². The third kappa shape index (κ3) is 10.4. The van der Waals surface area contributed by atoms with E-state index in [9.17, 15) is 14.7 Å². The van der Waals surface area contributed by atoms with Gasteiger partial charge in [0.1, 0.15) is 5.76 Å². The van der Waals surface area contributed by atoms with E-state index in [2.05, 4.69) is 4.74 Å². The normalized spacial score (nSPS) is 16.9. The molecule has 2 atom stereocenters. The van der Waals surface area contributed by atoms with Gasteiger partial charge in [-0.2, -0.15) is 0 Å². The lowest BCUT2D eigenvalue weighted by Crippen LogP contribution is -2.08. The number of benzene rings is 1. The number of thioether (sulfide) groups is 1. The average molecular weight is 495 g/mol. The number of hydrogen-bond donors (Lipinski definition) is 1. The smallest absolute Gasteiger partial charge is 0.310 e. The first-order chi connectivity index (χ1) is 15.9. The maximum absolute atomic E-state index is 12.1. The molecule has 1 aromatic carbocycles. The Kier molecular flexibility index (Phi) is 12.7. The number of carbonyl (C=O) groups excluding carboxylic acids is 2. The number of allylic oxidation sites excluding steroid dienone is 3. The molecule has 0 aromatic heterocycles. The van der Waals surface area contributed by atoms with E-state index < -0.39 is 6.10 Å². The van der Waals surface area contributed by atoms with Crippen LogP contribution in [0.5, 0.6) is 0 Å². The highest BCUT2D eigenvalue weighted by molar-refractivity contribution is 8.03. The lowest BCUT2D eigenvalue weighted by atomic mass is 10.0. The summed E-state index contributed by atoms with van der Waals surface area (Å²) in [4.78, 5) is 24.4. The van der Waals surface area contributed by atoms with Gasteiger partial charge in [0, 0.05) is 41.5 Å². The summed E-state index contributed by atoms with van der Waals surface area (Å²) in [6.45, 7) is 1.96. The minimum atomic E-state index is -0.611. The van der Waals surface area contributed by atoms with E-state index in [0.717, 1.165) is 60.5 Å². The number of esters is 2. The molecule has 0 saturated heterocycles. The number of carbonyl (C=O) groups is 2. The Morgan fingerprint density at radius 1 is 1.24 bits per heavy atom. The number of methoxy groups -OCH3 is 1. The number of unbranched alkanes of at least 4 members (excludes halogenated alkanes) is 2. The molecule has 1 aromatic rings. The fourth-order valence-corrected chi connectivity index (χ4v) is 5.18. The van der Waals surface area contributed by atoms with Gasteiger partial charge in [-0.3, -0.25) is 9.59 Å². The van der Waals surface area contributed by atoms with Gasteiger partial charge in [-0.1, -0.05) is 49.2 Å². The van der Waals surface area contributed by atoms with Gasteiger partial charge in [0.15, 0.2) is 0 Å². The highest BCUT2D eigenvalue weighted by Gasteiger charge is 2.27. The van der Waals surface area contributed by atoms with Crippen molar-refractivity contribution < 1.29 is 24.2 Å². The summed E-state index contributed by atoms with van der Waals surface area (Å²) in [5, 5.41) is 11.1. The Balaban J connectivity index is 1.95. The zero-order chi connectivity index (χ0) is 24.1. The standard InChI is InChI=1S/C26H35ClO5S/c1-3-8-25(30)32-23-15-13-20(26(23)33-16-6-4-5-11-24(29)31-2)12-14-22(28)18-19-9-7-10-21(27)17-19/h7,9-10,12,14,17,20,22,28H,3-6,8,11,13,15-16,18H2,1-2H3/b14-12+. The lowest BCUT2D eigenvalue weighted by molar-refractivity contribution is -0.141. The van der Waals surface area contributed by atoms with Crippen molar-refractivity contribution in [2.75, 3.05) is 12.9 Å². The van der Waals surface area contributed by atoms with E-state index in [-0.39, 0.29) is 17.9 Å². The molecular formula is C26H35ClO5S. The molecule has 1 aliphatic rings. The fourth-order valence-electron chi connectivity index (χ4n) is 3.68. The maximum Gasteiger partial charge on any atom is 0.310 e. The van der Waals surface area contributed by atoms with E-state index in [1.807, 2.05) is 43.3 Å². The quantitative estimate of drug-likeness (QED) is 0.188. The van der Waals surface area contributed by atoms with Gasteiger partial charge in [-0.15, -0.1) is 11.8 Å². The molecule has 2 unspecified atom stereocenters. The van der Waals surface area contributed by atoms with Crippen LogP contribution in [-0.2, 0) is 25.5 Å². The summed E-state index contributed by atoms with van der Waals surface area (Å²) in [5.41, 5.74) is 0.984. The molecular weight excluding hydrogens is 460 g/mol. The number of halogens is 1. The van der Waals surface area contributed by atoms with Crippen LogP contribution in [0, 0.1) is 5.92 Å². The Morgan fingerprint density at radius 3 is 2.79 bits per heavy atom. The number of hydrogen-bond acceptors (Lipinski definition) is 6. The molecule has 5 nitrogen and oxygen atoms in total. The Bertz CT molecular complexity index is 836. The van der Waals surface area contributed by atoms with Crippen molar-refractivity contribution in [2.24, 2.45) is 5.92 Å². The van der Waals surface area contributed by atoms with E-state index >= 15 is 0 Å². The van der Waals surface area contributed by atoms with Crippen LogP contribution >= 0.6 is 23.4 Å². The molecule has 0 radical (unpaired) electrons. The van der Waals surface area contributed by atoms with Gasteiger partial charge in [-0.25, -0.2) is 0 Å². The number of rotatable bonds is 14. The van der Waals surface area contributed by atoms with Crippen LogP contribution in [0.25, 0.3) is 0 Å². The predicted molar refractivity (Wildman–Crippen MR) is 134 cm³/mol. The molecule has 33 heavy (non-hydrogen) atoms. The van der Waals surface area contributed by atoms with E-state index in [4.69, 9.17) is 16.3 Å². The van der Waals surface area contributed by atoms with Crippen LogP contribution in [0.1, 0.15) is 63.9 Å². The second kappa shape index (κ2) is 15.2. The first kappa shape index (κ1) is 27.5. The molecule has 1 N–H and O–H groups in total. The average Bonchev–Trinajstić information content (AvgIpc) is 3.15. The maximum atomic E-state index is 12.1. The van der Waals surface area contributed by atoms with E-state index in [1.54, 1.807) is 11.8 Å². The Labute approximate surface area is 206 Å². The summed E-state index contributed by atoms with van der Waals surface area (Å²) < 4.78 is 10.4. The van der Waals surface area contributed by atoms with Gasteiger partial charge < -0.3 is 14.6 Å². The van der Waals surface area contributed by atoms with Crippen molar-refractivity contribution in [2.45, 2.75) is 70.8 Å². The summed E-state index contributed by atoms with van der Waals surface area (Å²) in [7, 11) is 1.41. The van der Waals surface area contributed by atoms with Crippen molar-refractivity contribution in [3.63, 3.8) is 0 Å². The van der Waals surface area contributed by atoms with Crippen molar-refractivity contribution in [1.29, 1.82) is 0 Å². The van der Waals surface area contributed by atoms with Gasteiger partial charge in [-0.05, 0) is 49.1 Å². The highest BCUT2D eigenvalue weighted by atomic mass is 35.5. The van der Waals surface area contributed by atoms with Crippen molar-refractivity contribution in [1.82, 2.24) is 0 Å². The van der Waals surface area contributed by atoms with Gasteiger partial charge in [0.2, 0.25) is 0 Å². The molecule has 0 spiro atoms. The van der Waals surface area contributed by atoms with Gasteiger partial charge in [0.05, 0.1) is 13.2 Å². The number of ether oxygens (including phenoxy) is 2. The highest BCUT2D eigenvalue weighted by Crippen LogP contribution is 2.41. The van der Waals surface area contributed by atoms with Crippen LogP contribution in [0.3, 0.4) is 0 Å². The number of aliphatic hydroxyl groups excluding tert-OH is 1. The summed E-state index contributed by atoms with van der Waals surface area (Å²) in [6, 6.07) is 7.51. The van der Waals surface area contributed by atoms with Crippen molar-refractivity contribution in [3.8, 4) is 0 Å². The Hall–Kier alpha value is -1.76. The van der Waals surface area contributed by atoms with Crippen LogP contribution in [0.4, 0.5) is 0 Å². The largest absolute Gasteiger partial charge is 0.469 e. The molecule has 0 aliphatic heterocycles. The topological polar surface area (TPSA) is 72.8 Å². The van der Waals surface area contributed by atoms with E-state index in [1.165, 1.54) is 7.11 Å². The molecule has 0 fully saturated rings. The molecule has 7 heteroatoms. The van der Waals surface area contributed by atoms with Crippen molar-refractivity contribution >= 4 is 35.3 Å².